The lowest BCUT2D eigenvalue weighted by molar-refractivity contribution is -0.385. The number of hydrogen-bond donors (Lipinski definition) is 6. The number of phenols is 2. The van der Waals surface area contributed by atoms with E-state index in [-0.39, 0.29) is 0 Å². The summed E-state index contributed by atoms with van der Waals surface area (Å²) in [6.07, 6.45) is 0. The fraction of sp³-hybridized carbons (Fsp3) is 0. The molecule has 0 amide bonds. The van der Waals surface area contributed by atoms with Gasteiger partial charge in [-0.25, -0.2) is 0 Å². The molecule has 192 valence electrons. The molecule has 0 heterocycles. The number of hydrogen-bond acceptors (Lipinski definition) is 13. The molecule has 20 heteroatoms. The summed E-state index contributed by atoms with van der Waals surface area (Å²) < 4.78 is 98.3. The molecule has 0 bridgehead atoms. The van der Waals surface area contributed by atoms with E-state index >= 15 is 0 Å². The van der Waals surface area contributed by atoms with Crippen molar-refractivity contribution in [2.24, 2.45) is 10.2 Å². The van der Waals surface area contributed by atoms with Gasteiger partial charge >= 0.3 is 0 Å². The maximum Gasteiger partial charge on any atom is 0.297 e. The Morgan fingerprint density at radius 2 is 1.31 bits per heavy atom. The van der Waals surface area contributed by atoms with Crippen molar-refractivity contribution < 1.29 is 54.0 Å². The van der Waals surface area contributed by atoms with Crippen LogP contribution in [0.4, 0.5) is 22.7 Å². The summed E-state index contributed by atoms with van der Waals surface area (Å²) in [5.74, 6) is -2.39. The van der Waals surface area contributed by atoms with Crippen LogP contribution in [-0.2, 0) is 30.4 Å². The summed E-state index contributed by atoms with van der Waals surface area (Å²) in [5, 5.41) is 37.3. The maximum atomic E-state index is 11.9. The van der Waals surface area contributed by atoms with Crippen LogP contribution < -0.4 is 5.73 Å². The Labute approximate surface area is 200 Å². The van der Waals surface area contributed by atoms with Crippen molar-refractivity contribution in [2.45, 2.75) is 14.7 Å². The molecule has 0 aromatic heterocycles. The summed E-state index contributed by atoms with van der Waals surface area (Å²) in [4.78, 5) is 6.50. The molecule has 17 nitrogen and oxygen atoms in total. The van der Waals surface area contributed by atoms with Crippen LogP contribution in [0.25, 0.3) is 10.8 Å². The standard InChI is InChI=1S/C16H12N4O13S3/c17-13-10(35(28,29)30)3-6-4-11(36(31,32)33)14(16(22)12(6)15(13)21)19-18-8-2-1-7(20(23)24)5-9(8)34(25,26)27/h1-5,21-22H,17H2,(H,25,26,27)(H,28,29,30)(H,31,32,33). The molecule has 0 spiro atoms. The Morgan fingerprint density at radius 1 is 0.778 bits per heavy atom. The number of azo groups is 1. The molecule has 3 aromatic rings. The van der Waals surface area contributed by atoms with Crippen molar-refractivity contribution in [1.82, 2.24) is 0 Å². The van der Waals surface area contributed by atoms with E-state index in [9.17, 15) is 59.2 Å². The van der Waals surface area contributed by atoms with Crippen molar-refractivity contribution in [3.05, 3.63) is 40.4 Å². The van der Waals surface area contributed by atoms with Crippen molar-refractivity contribution in [1.29, 1.82) is 0 Å². The summed E-state index contributed by atoms with van der Waals surface area (Å²) in [6.45, 7) is 0. The van der Waals surface area contributed by atoms with E-state index < -0.39 is 95.0 Å². The van der Waals surface area contributed by atoms with Crippen molar-refractivity contribution in [3.8, 4) is 11.5 Å². The molecular formula is C16H12N4O13S3. The number of aromatic hydroxyl groups is 2. The molecular weight excluding hydrogens is 552 g/mol. The monoisotopic (exact) mass is 564 g/mol. The van der Waals surface area contributed by atoms with Crippen LogP contribution in [-0.4, -0.2) is 54.0 Å². The predicted octanol–water partition coefficient (Wildman–Crippen LogP) is 1.90. The first kappa shape index (κ1) is 26.7. The molecule has 0 aliphatic carbocycles. The van der Waals surface area contributed by atoms with Gasteiger partial charge in [-0.15, -0.1) is 10.2 Å². The predicted molar refractivity (Wildman–Crippen MR) is 118 cm³/mol. The Bertz CT molecular complexity index is 1820. The molecule has 0 saturated heterocycles. The van der Waals surface area contributed by atoms with Crippen molar-refractivity contribution >= 4 is 63.9 Å². The second-order valence-corrected chi connectivity index (χ2v) is 11.0. The number of nitro groups is 1. The average Bonchev–Trinajstić information content (AvgIpc) is 2.72. The average molecular weight is 564 g/mol. The highest BCUT2D eigenvalue weighted by Gasteiger charge is 2.28. The number of phenolic OH excluding ortho intramolecular Hbond substituents is 2. The minimum Gasteiger partial charge on any atom is -0.505 e. The van der Waals surface area contributed by atoms with E-state index in [2.05, 4.69) is 10.2 Å². The van der Waals surface area contributed by atoms with Crippen LogP contribution in [0.15, 0.2) is 55.2 Å². The molecule has 0 radical (unpaired) electrons. The Kier molecular flexibility index (Phi) is 6.38. The molecule has 7 N–H and O–H groups in total. The number of nitrogen functional groups attached to an aromatic ring is 1. The van der Waals surface area contributed by atoms with E-state index in [0.717, 1.165) is 6.07 Å². The number of rotatable bonds is 6. The van der Waals surface area contributed by atoms with Gasteiger partial charge in [0.05, 0.1) is 16.0 Å². The first-order valence-electron chi connectivity index (χ1n) is 8.77. The van der Waals surface area contributed by atoms with E-state index in [1.165, 1.54) is 0 Å². The molecule has 3 aromatic carbocycles. The zero-order valence-electron chi connectivity index (χ0n) is 17.0. The highest BCUT2D eigenvalue weighted by molar-refractivity contribution is 7.86. The second kappa shape index (κ2) is 8.61. The maximum absolute atomic E-state index is 11.9. The molecule has 0 aliphatic heterocycles. The normalized spacial score (nSPS) is 12.9. The van der Waals surface area contributed by atoms with E-state index in [1.807, 2.05) is 0 Å². The Morgan fingerprint density at radius 3 is 1.81 bits per heavy atom. The minimum atomic E-state index is -5.28. The molecule has 36 heavy (non-hydrogen) atoms. The van der Waals surface area contributed by atoms with Gasteiger partial charge in [0.15, 0.2) is 11.5 Å². The van der Waals surface area contributed by atoms with Gasteiger partial charge in [-0.2, -0.15) is 25.3 Å². The number of non-ortho nitro benzene ring substituents is 1. The van der Waals surface area contributed by atoms with Crippen LogP contribution in [0.1, 0.15) is 0 Å². The van der Waals surface area contributed by atoms with Gasteiger partial charge in [-0.05, 0) is 23.6 Å². The third-order valence-corrected chi connectivity index (χ3v) is 7.20. The highest BCUT2D eigenvalue weighted by atomic mass is 32.2. The zero-order chi connectivity index (χ0) is 27.4. The lowest BCUT2D eigenvalue weighted by Crippen LogP contribution is -2.05. The SMILES string of the molecule is Nc1c(S(=O)(=O)O)cc2cc(S(=O)(=O)O)c(N=Nc3ccc([N+](=O)[O-])cc3S(=O)(=O)O)c(O)c2c1O. The minimum absolute atomic E-state index is 0.414. The first-order chi connectivity index (χ1) is 16.3. The van der Waals surface area contributed by atoms with E-state index in [4.69, 9.17) is 5.73 Å². The van der Waals surface area contributed by atoms with Crippen LogP contribution >= 0.6 is 0 Å². The number of anilines is 1. The third kappa shape index (κ3) is 4.89. The summed E-state index contributed by atoms with van der Waals surface area (Å²) in [6, 6.07) is 2.98. The van der Waals surface area contributed by atoms with Gasteiger partial charge in [-0.1, -0.05) is 0 Å². The highest BCUT2D eigenvalue weighted by Crippen LogP contribution is 2.48. The zero-order valence-corrected chi connectivity index (χ0v) is 19.5. The van der Waals surface area contributed by atoms with E-state index in [1.54, 1.807) is 0 Å². The van der Waals surface area contributed by atoms with Gasteiger partial charge in [0, 0.05) is 12.1 Å². The lowest BCUT2D eigenvalue weighted by Gasteiger charge is -2.13. The summed E-state index contributed by atoms with van der Waals surface area (Å²) >= 11 is 0. The quantitative estimate of drug-likeness (QED) is 0.0622. The lowest BCUT2D eigenvalue weighted by atomic mass is 10.1. The molecule has 0 aliphatic rings. The van der Waals surface area contributed by atoms with Crippen LogP contribution in [0, 0.1) is 10.1 Å². The smallest absolute Gasteiger partial charge is 0.297 e. The number of fused-ring (bicyclic) bond motifs is 1. The summed E-state index contributed by atoms with van der Waals surface area (Å²) in [5.41, 5.74) is 1.87. The first-order valence-corrected chi connectivity index (χ1v) is 13.1. The Hall–Kier alpha value is -3.95. The van der Waals surface area contributed by atoms with Gasteiger partial charge in [0.25, 0.3) is 36.0 Å². The second-order valence-electron chi connectivity index (χ2n) is 6.84. The number of nitro benzene ring substituents is 1. The van der Waals surface area contributed by atoms with Gasteiger partial charge in [-0.3, -0.25) is 23.8 Å². The van der Waals surface area contributed by atoms with Crippen LogP contribution in [0.2, 0.25) is 0 Å². The number of nitrogens with two attached hydrogens (primary N) is 1. The fourth-order valence-electron chi connectivity index (χ4n) is 3.00. The number of nitrogens with zero attached hydrogens (tertiary/aromatic N) is 3. The third-order valence-electron chi connectivity index (χ3n) is 4.56. The van der Waals surface area contributed by atoms with Crippen molar-refractivity contribution in [2.75, 3.05) is 5.73 Å². The Balaban J connectivity index is 2.40. The fourth-order valence-corrected chi connectivity index (χ4v) is 4.95. The molecule has 3 rings (SSSR count). The van der Waals surface area contributed by atoms with E-state index in [0.29, 0.717) is 24.3 Å². The summed E-state index contributed by atoms with van der Waals surface area (Å²) in [7, 11) is -15.5. The van der Waals surface area contributed by atoms with Gasteiger partial charge < -0.3 is 15.9 Å². The number of benzene rings is 3. The van der Waals surface area contributed by atoms with Gasteiger partial charge in [0.2, 0.25) is 0 Å². The largest absolute Gasteiger partial charge is 0.505 e. The molecule has 0 atom stereocenters. The topological polar surface area (TPSA) is 297 Å². The van der Waals surface area contributed by atoms with Crippen molar-refractivity contribution in [3.63, 3.8) is 0 Å². The molecule has 0 unspecified atom stereocenters. The van der Waals surface area contributed by atoms with Gasteiger partial charge in [0.1, 0.15) is 26.1 Å². The van der Waals surface area contributed by atoms with Crippen LogP contribution in [0.5, 0.6) is 11.5 Å². The molecule has 0 saturated carbocycles. The van der Waals surface area contributed by atoms with Crippen LogP contribution in [0.3, 0.4) is 0 Å². The molecule has 0 fully saturated rings.